The van der Waals surface area contributed by atoms with Crippen LogP contribution in [0.4, 0.5) is 0 Å². The maximum absolute atomic E-state index is 12.0. The molecule has 0 aliphatic heterocycles. The van der Waals surface area contributed by atoms with Crippen molar-refractivity contribution in [3.8, 4) is 0 Å². The monoisotopic (exact) mass is 242 g/mol. The van der Waals surface area contributed by atoms with E-state index in [0.29, 0.717) is 4.90 Å². The molecule has 16 heavy (non-hydrogen) atoms. The van der Waals surface area contributed by atoms with E-state index in [2.05, 4.69) is 0 Å². The Morgan fingerprint density at radius 3 is 2.19 bits per heavy atom. The molecule has 1 atom stereocenters. The first-order valence-electron chi connectivity index (χ1n) is 5.36. The van der Waals surface area contributed by atoms with Gasteiger partial charge in [-0.1, -0.05) is 32.0 Å². The van der Waals surface area contributed by atoms with Crippen LogP contribution in [0.2, 0.25) is 0 Å². The average molecular weight is 242 g/mol. The minimum Gasteiger partial charge on any atom is -0.396 e. The molecule has 1 aromatic carbocycles. The Morgan fingerprint density at radius 2 is 1.75 bits per heavy atom. The van der Waals surface area contributed by atoms with Gasteiger partial charge in [-0.15, -0.1) is 0 Å². The van der Waals surface area contributed by atoms with Crippen molar-refractivity contribution in [3.05, 3.63) is 30.3 Å². The molecule has 1 aromatic rings. The third-order valence-electron chi connectivity index (χ3n) is 2.71. The fourth-order valence-electron chi connectivity index (χ4n) is 1.46. The van der Waals surface area contributed by atoms with E-state index in [-0.39, 0.29) is 24.2 Å². The zero-order valence-corrected chi connectivity index (χ0v) is 10.4. The van der Waals surface area contributed by atoms with Crippen LogP contribution in [-0.4, -0.2) is 25.9 Å². The maximum Gasteiger partial charge on any atom is 0.178 e. The topological polar surface area (TPSA) is 54.4 Å². The lowest BCUT2D eigenvalue weighted by Crippen LogP contribution is -2.24. The summed E-state index contributed by atoms with van der Waals surface area (Å²) in [6, 6.07) is 8.37. The lowest BCUT2D eigenvalue weighted by Gasteiger charge is -2.17. The highest BCUT2D eigenvalue weighted by atomic mass is 32.2. The van der Waals surface area contributed by atoms with Gasteiger partial charge in [0.15, 0.2) is 9.84 Å². The SMILES string of the molecule is CC(C)[C@H](CO)CS(=O)(=O)c1ccccc1. The van der Waals surface area contributed by atoms with Gasteiger partial charge in [0, 0.05) is 6.61 Å². The summed E-state index contributed by atoms with van der Waals surface area (Å²) in [5, 5.41) is 9.14. The van der Waals surface area contributed by atoms with Gasteiger partial charge >= 0.3 is 0 Å². The van der Waals surface area contributed by atoms with E-state index in [0.717, 1.165) is 0 Å². The highest BCUT2D eigenvalue weighted by Gasteiger charge is 2.22. The van der Waals surface area contributed by atoms with E-state index in [4.69, 9.17) is 5.11 Å². The second-order valence-electron chi connectivity index (χ2n) is 4.28. The number of benzene rings is 1. The fourth-order valence-corrected chi connectivity index (χ4v) is 3.28. The smallest absolute Gasteiger partial charge is 0.178 e. The highest BCUT2D eigenvalue weighted by molar-refractivity contribution is 7.91. The van der Waals surface area contributed by atoms with Crippen LogP contribution in [0.3, 0.4) is 0 Å². The van der Waals surface area contributed by atoms with Gasteiger partial charge in [0.05, 0.1) is 10.6 Å². The van der Waals surface area contributed by atoms with Gasteiger partial charge in [-0.2, -0.15) is 0 Å². The number of aliphatic hydroxyl groups excluding tert-OH is 1. The summed E-state index contributed by atoms with van der Waals surface area (Å²) in [5.74, 6) is -0.0424. The van der Waals surface area contributed by atoms with Crippen molar-refractivity contribution in [2.45, 2.75) is 18.7 Å². The Balaban J connectivity index is 2.88. The van der Waals surface area contributed by atoms with Crippen LogP contribution in [0.15, 0.2) is 35.2 Å². The molecule has 0 bridgehead atoms. The second kappa shape index (κ2) is 5.46. The molecule has 0 aliphatic carbocycles. The summed E-state index contributed by atoms with van der Waals surface area (Å²) >= 11 is 0. The minimum atomic E-state index is -3.28. The van der Waals surface area contributed by atoms with Crippen molar-refractivity contribution in [1.29, 1.82) is 0 Å². The van der Waals surface area contributed by atoms with Crippen LogP contribution in [0.5, 0.6) is 0 Å². The van der Waals surface area contributed by atoms with Crippen molar-refractivity contribution in [1.82, 2.24) is 0 Å². The van der Waals surface area contributed by atoms with Gasteiger partial charge in [-0.25, -0.2) is 8.42 Å². The van der Waals surface area contributed by atoms with Gasteiger partial charge in [-0.3, -0.25) is 0 Å². The normalized spacial score (nSPS) is 14.0. The first kappa shape index (κ1) is 13.2. The lowest BCUT2D eigenvalue weighted by molar-refractivity contribution is 0.204. The fraction of sp³-hybridized carbons (Fsp3) is 0.500. The van der Waals surface area contributed by atoms with Crippen LogP contribution < -0.4 is 0 Å². The first-order chi connectivity index (χ1) is 7.47. The Morgan fingerprint density at radius 1 is 1.19 bits per heavy atom. The van der Waals surface area contributed by atoms with E-state index in [1.54, 1.807) is 30.3 Å². The van der Waals surface area contributed by atoms with Crippen molar-refractivity contribution >= 4 is 9.84 Å². The van der Waals surface area contributed by atoms with Gasteiger partial charge in [-0.05, 0) is 24.0 Å². The van der Waals surface area contributed by atoms with E-state index in [1.165, 1.54) is 0 Å². The third kappa shape index (κ3) is 3.32. The third-order valence-corrected chi connectivity index (χ3v) is 4.57. The first-order valence-corrected chi connectivity index (χ1v) is 7.01. The number of hydrogen-bond donors (Lipinski definition) is 1. The molecular weight excluding hydrogens is 224 g/mol. The Hall–Kier alpha value is -0.870. The van der Waals surface area contributed by atoms with Crippen LogP contribution in [0, 0.1) is 11.8 Å². The molecule has 0 saturated carbocycles. The average Bonchev–Trinajstić information content (AvgIpc) is 2.27. The van der Waals surface area contributed by atoms with Crippen molar-refractivity contribution in [3.63, 3.8) is 0 Å². The summed E-state index contributed by atoms with van der Waals surface area (Å²) in [4.78, 5) is 0.328. The van der Waals surface area contributed by atoms with Gasteiger partial charge in [0.1, 0.15) is 0 Å². The van der Waals surface area contributed by atoms with Gasteiger partial charge in [0.25, 0.3) is 0 Å². The predicted octanol–water partition coefficient (Wildman–Crippen LogP) is 1.72. The molecule has 1 N–H and O–H groups in total. The van der Waals surface area contributed by atoms with E-state index >= 15 is 0 Å². The number of hydrogen-bond acceptors (Lipinski definition) is 3. The molecule has 0 unspecified atom stereocenters. The summed E-state index contributed by atoms with van der Waals surface area (Å²) in [5.41, 5.74) is 0. The van der Waals surface area contributed by atoms with Crippen molar-refractivity contribution in [2.75, 3.05) is 12.4 Å². The zero-order chi connectivity index (χ0) is 12.2. The molecule has 3 nitrogen and oxygen atoms in total. The highest BCUT2D eigenvalue weighted by Crippen LogP contribution is 2.18. The maximum atomic E-state index is 12.0. The summed E-state index contributed by atoms with van der Waals surface area (Å²) in [6.07, 6.45) is 0. The Labute approximate surface area is 97.0 Å². The molecule has 0 fully saturated rings. The van der Waals surface area contributed by atoms with Crippen LogP contribution in [-0.2, 0) is 9.84 Å². The van der Waals surface area contributed by atoms with E-state index in [1.807, 2.05) is 13.8 Å². The molecule has 4 heteroatoms. The number of rotatable bonds is 5. The van der Waals surface area contributed by atoms with Crippen LogP contribution in [0.1, 0.15) is 13.8 Å². The molecule has 90 valence electrons. The predicted molar refractivity (Wildman–Crippen MR) is 63.9 cm³/mol. The van der Waals surface area contributed by atoms with E-state index in [9.17, 15) is 8.42 Å². The van der Waals surface area contributed by atoms with Gasteiger partial charge < -0.3 is 5.11 Å². The summed E-state index contributed by atoms with van der Waals surface area (Å²) in [7, 11) is -3.28. The molecule has 0 heterocycles. The van der Waals surface area contributed by atoms with Crippen molar-refractivity contribution < 1.29 is 13.5 Å². The molecular formula is C12H18O3S. The van der Waals surface area contributed by atoms with Crippen LogP contribution >= 0.6 is 0 Å². The summed E-state index contributed by atoms with van der Waals surface area (Å²) in [6.45, 7) is 3.74. The minimum absolute atomic E-state index is 0.00514. The Bertz CT molecular complexity index is 409. The second-order valence-corrected chi connectivity index (χ2v) is 6.32. The van der Waals surface area contributed by atoms with E-state index < -0.39 is 9.84 Å². The molecule has 0 aliphatic rings. The van der Waals surface area contributed by atoms with Crippen LogP contribution in [0.25, 0.3) is 0 Å². The molecule has 0 radical (unpaired) electrons. The summed E-state index contributed by atoms with van der Waals surface area (Å²) < 4.78 is 24.0. The molecule has 1 rings (SSSR count). The Kier molecular flexibility index (Phi) is 4.50. The quantitative estimate of drug-likeness (QED) is 0.855. The zero-order valence-electron chi connectivity index (χ0n) is 9.63. The lowest BCUT2D eigenvalue weighted by atomic mass is 9.99. The largest absolute Gasteiger partial charge is 0.396 e. The molecule has 0 spiro atoms. The van der Waals surface area contributed by atoms with Gasteiger partial charge in [0.2, 0.25) is 0 Å². The molecule has 0 amide bonds. The standard InChI is InChI=1S/C12H18O3S/c1-10(2)11(8-13)9-16(14,15)12-6-4-3-5-7-12/h3-7,10-11,13H,8-9H2,1-2H3/t11-/m1/s1. The molecule has 0 saturated heterocycles. The number of aliphatic hydroxyl groups is 1. The van der Waals surface area contributed by atoms with Crippen molar-refractivity contribution in [2.24, 2.45) is 11.8 Å². The molecule has 0 aromatic heterocycles. The number of sulfone groups is 1.